The average Bonchev–Trinajstić information content (AvgIpc) is 2.87. The van der Waals surface area contributed by atoms with Gasteiger partial charge in [-0.15, -0.1) is 5.10 Å². The molecule has 0 amide bonds. The molecule has 0 unspecified atom stereocenters. The van der Waals surface area contributed by atoms with Crippen LogP contribution in [0.5, 0.6) is 0 Å². The van der Waals surface area contributed by atoms with Crippen molar-refractivity contribution in [2.45, 2.75) is 45.6 Å². The fraction of sp³-hybridized carbons (Fsp3) is 0.833. The van der Waals surface area contributed by atoms with Crippen molar-refractivity contribution in [1.82, 2.24) is 19.9 Å². The summed E-state index contributed by atoms with van der Waals surface area (Å²) in [5.41, 5.74) is 1.10. The van der Waals surface area contributed by atoms with Crippen LogP contribution in [0.3, 0.4) is 0 Å². The molecule has 0 aromatic carbocycles. The summed E-state index contributed by atoms with van der Waals surface area (Å²) in [7, 11) is 0. The van der Waals surface area contributed by atoms with Gasteiger partial charge in [0.1, 0.15) is 0 Å². The van der Waals surface area contributed by atoms with Crippen LogP contribution in [0.1, 0.15) is 44.7 Å². The Hall–Kier alpha value is -0.900. The first-order valence-corrected chi connectivity index (χ1v) is 6.38. The highest BCUT2D eigenvalue weighted by atomic mass is 15.4. The minimum Gasteiger partial charge on any atom is -0.303 e. The summed E-state index contributed by atoms with van der Waals surface area (Å²) >= 11 is 0. The molecule has 16 heavy (non-hydrogen) atoms. The Morgan fingerprint density at radius 2 is 2.00 bits per heavy atom. The maximum absolute atomic E-state index is 4.17. The van der Waals surface area contributed by atoms with Gasteiger partial charge in [-0.25, -0.2) is 0 Å². The van der Waals surface area contributed by atoms with E-state index < -0.39 is 0 Å². The minimum atomic E-state index is 0.479. The van der Waals surface area contributed by atoms with Crippen LogP contribution >= 0.6 is 0 Å². The second-order valence-corrected chi connectivity index (χ2v) is 4.96. The highest BCUT2D eigenvalue weighted by molar-refractivity contribution is 4.97. The van der Waals surface area contributed by atoms with E-state index in [4.69, 9.17) is 0 Å². The number of likely N-dealkylation sites (tertiary alicyclic amines) is 1. The molecule has 0 spiro atoms. The SMILES string of the molecule is CC(C)c1cn(CCCN2CCCC2)nn1. The molecule has 0 atom stereocenters. The smallest absolute Gasteiger partial charge is 0.0852 e. The number of aromatic nitrogens is 3. The first kappa shape index (κ1) is 11.6. The zero-order valence-electron chi connectivity index (χ0n) is 10.4. The van der Waals surface area contributed by atoms with Gasteiger partial charge in [0.05, 0.1) is 5.69 Å². The zero-order chi connectivity index (χ0) is 11.4. The van der Waals surface area contributed by atoms with E-state index in [-0.39, 0.29) is 0 Å². The van der Waals surface area contributed by atoms with Gasteiger partial charge in [-0.3, -0.25) is 4.68 Å². The van der Waals surface area contributed by atoms with Crippen LogP contribution in [-0.4, -0.2) is 39.5 Å². The van der Waals surface area contributed by atoms with Crippen molar-refractivity contribution in [2.75, 3.05) is 19.6 Å². The minimum absolute atomic E-state index is 0.479. The highest BCUT2D eigenvalue weighted by Gasteiger charge is 2.10. The monoisotopic (exact) mass is 222 g/mol. The third-order valence-corrected chi connectivity index (χ3v) is 3.21. The van der Waals surface area contributed by atoms with Crippen molar-refractivity contribution in [3.05, 3.63) is 11.9 Å². The number of hydrogen-bond donors (Lipinski definition) is 0. The van der Waals surface area contributed by atoms with E-state index in [1.54, 1.807) is 0 Å². The molecule has 1 aliphatic rings. The molecular weight excluding hydrogens is 200 g/mol. The van der Waals surface area contributed by atoms with Gasteiger partial charge in [0.2, 0.25) is 0 Å². The fourth-order valence-corrected chi connectivity index (χ4v) is 2.15. The number of nitrogens with zero attached hydrogens (tertiary/aromatic N) is 4. The number of aryl methyl sites for hydroxylation is 1. The quantitative estimate of drug-likeness (QED) is 0.763. The maximum atomic E-state index is 4.17. The maximum Gasteiger partial charge on any atom is 0.0852 e. The molecule has 0 N–H and O–H groups in total. The third-order valence-electron chi connectivity index (χ3n) is 3.21. The molecular formula is C12H22N4. The van der Waals surface area contributed by atoms with Crippen LogP contribution in [0.15, 0.2) is 6.20 Å². The molecule has 4 heteroatoms. The van der Waals surface area contributed by atoms with Crippen LogP contribution in [0, 0.1) is 0 Å². The molecule has 2 rings (SSSR count). The van der Waals surface area contributed by atoms with E-state index >= 15 is 0 Å². The lowest BCUT2D eigenvalue weighted by Gasteiger charge is -2.13. The normalized spacial score (nSPS) is 17.4. The Kier molecular flexibility index (Phi) is 3.93. The lowest BCUT2D eigenvalue weighted by Crippen LogP contribution is -2.21. The summed E-state index contributed by atoms with van der Waals surface area (Å²) in [6.07, 6.45) is 6.01. The van der Waals surface area contributed by atoms with E-state index in [1.807, 2.05) is 4.68 Å². The summed E-state index contributed by atoms with van der Waals surface area (Å²) < 4.78 is 1.98. The third kappa shape index (κ3) is 3.04. The van der Waals surface area contributed by atoms with E-state index in [2.05, 4.69) is 35.3 Å². The highest BCUT2D eigenvalue weighted by Crippen LogP contribution is 2.10. The predicted octanol–water partition coefficient (Wildman–Crippen LogP) is 1.89. The fourth-order valence-electron chi connectivity index (χ4n) is 2.15. The van der Waals surface area contributed by atoms with E-state index in [0.717, 1.165) is 12.2 Å². The molecule has 1 saturated heterocycles. The molecule has 0 bridgehead atoms. The average molecular weight is 222 g/mol. The summed E-state index contributed by atoms with van der Waals surface area (Å²) in [4.78, 5) is 2.54. The second kappa shape index (κ2) is 5.43. The Morgan fingerprint density at radius 1 is 1.25 bits per heavy atom. The van der Waals surface area contributed by atoms with Crippen molar-refractivity contribution >= 4 is 0 Å². The summed E-state index contributed by atoms with van der Waals surface area (Å²) in [6.45, 7) is 9.08. The van der Waals surface area contributed by atoms with Gasteiger partial charge in [0, 0.05) is 12.7 Å². The number of rotatable bonds is 5. The van der Waals surface area contributed by atoms with E-state index in [1.165, 1.54) is 38.9 Å². The van der Waals surface area contributed by atoms with Gasteiger partial charge < -0.3 is 4.90 Å². The van der Waals surface area contributed by atoms with Gasteiger partial charge in [-0.2, -0.15) is 0 Å². The summed E-state index contributed by atoms with van der Waals surface area (Å²) in [5, 5.41) is 8.32. The first-order valence-electron chi connectivity index (χ1n) is 6.38. The first-order chi connectivity index (χ1) is 7.75. The van der Waals surface area contributed by atoms with Crippen LogP contribution in [0.25, 0.3) is 0 Å². The lowest BCUT2D eigenvalue weighted by atomic mass is 10.2. The van der Waals surface area contributed by atoms with Gasteiger partial charge in [0.15, 0.2) is 0 Å². The van der Waals surface area contributed by atoms with Crippen molar-refractivity contribution in [2.24, 2.45) is 0 Å². The predicted molar refractivity (Wildman–Crippen MR) is 64.4 cm³/mol. The Morgan fingerprint density at radius 3 is 2.62 bits per heavy atom. The number of hydrogen-bond acceptors (Lipinski definition) is 3. The van der Waals surface area contributed by atoms with Crippen molar-refractivity contribution in [3.8, 4) is 0 Å². The molecule has 0 saturated carbocycles. The largest absolute Gasteiger partial charge is 0.303 e. The summed E-state index contributed by atoms with van der Waals surface area (Å²) in [5.74, 6) is 0.479. The molecule has 4 nitrogen and oxygen atoms in total. The molecule has 0 aliphatic carbocycles. The molecule has 1 aromatic heterocycles. The molecule has 1 aliphatic heterocycles. The molecule has 2 heterocycles. The Balaban J connectivity index is 1.72. The van der Waals surface area contributed by atoms with Gasteiger partial charge >= 0.3 is 0 Å². The topological polar surface area (TPSA) is 34.0 Å². The Bertz CT molecular complexity index is 313. The molecule has 1 aromatic rings. The van der Waals surface area contributed by atoms with Crippen molar-refractivity contribution < 1.29 is 0 Å². The van der Waals surface area contributed by atoms with Crippen molar-refractivity contribution in [1.29, 1.82) is 0 Å². The van der Waals surface area contributed by atoms with E-state index in [9.17, 15) is 0 Å². The van der Waals surface area contributed by atoms with Gasteiger partial charge in [-0.1, -0.05) is 19.1 Å². The van der Waals surface area contributed by atoms with Gasteiger partial charge in [0.25, 0.3) is 0 Å². The van der Waals surface area contributed by atoms with Crippen LogP contribution in [0.2, 0.25) is 0 Å². The molecule has 0 radical (unpaired) electrons. The van der Waals surface area contributed by atoms with Crippen molar-refractivity contribution in [3.63, 3.8) is 0 Å². The summed E-state index contributed by atoms with van der Waals surface area (Å²) in [6, 6.07) is 0. The standard InChI is InChI=1S/C12H22N4/c1-11(2)12-10-16(14-13-12)9-5-8-15-6-3-4-7-15/h10-11H,3-9H2,1-2H3. The second-order valence-electron chi connectivity index (χ2n) is 4.96. The van der Waals surface area contributed by atoms with Crippen LogP contribution in [0.4, 0.5) is 0 Å². The van der Waals surface area contributed by atoms with Crippen LogP contribution < -0.4 is 0 Å². The Labute approximate surface area is 97.6 Å². The van der Waals surface area contributed by atoms with Crippen LogP contribution in [-0.2, 0) is 6.54 Å². The van der Waals surface area contributed by atoms with Gasteiger partial charge in [-0.05, 0) is 44.8 Å². The molecule has 1 fully saturated rings. The lowest BCUT2D eigenvalue weighted by molar-refractivity contribution is 0.321. The molecule has 90 valence electrons. The van der Waals surface area contributed by atoms with E-state index in [0.29, 0.717) is 5.92 Å². The zero-order valence-corrected chi connectivity index (χ0v) is 10.4.